The van der Waals surface area contributed by atoms with E-state index in [2.05, 4.69) is 4.98 Å². The molecule has 2 aromatic rings. The minimum atomic E-state index is -4.49. The Morgan fingerprint density at radius 2 is 1.76 bits per heavy atom. The minimum absolute atomic E-state index is 0.0278. The van der Waals surface area contributed by atoms with Crippen molar-refractivity contribution in [3.63, 3.8) is 0 Å². The monoisotopic (exact) mass is 300 g/mol. The Hall–Kier alpha value is -2.64. The number of nitrogens with two attached hydrogens (primary N) is 1. The summed E-state index contributed by atoms with van der Waals surface area (Å²) < 4.78 is 50.8. The van der Waals surface area contributed by atoms with Crippen molar-refractivity contribution in [2.45, 2.75) is 6.18 Å². The lowest BCUT2D eigenvalue weighted by atomic mass is 10.1. The number of rotatable bonds is 2. The van der Waals surface area contributed by atoms with E-state index < -0.39 is 34.9 Å². The van der Waals surface area contributed by atoms with Crippen molar-refractivity contribution in [1.82, 2.24) is 4.98 Å². The summed E-state index contributed by atoms with van der Waals surface area (Å²) in [5.41, 5.74) is 3.31. The number of alkyl halides is 3. The Bertz CT molecular complexity index is 697. The molecule has 0 spiro atoms. The van der Waals surface area contributed by atoms with E-state index in [0.29, 0.717) is 0 Å². The molecule has 2 rings (SSSR count). The number of aromatic carboxylic acids is 1. The smallest absolute Gasteiger partial charge is 0.416 e. The third-order valence-corrected chi connectivity index (χ3v) is 2.70. The fourth-order valence-electron chi connectivity index (χ4n) is 1.67. The number of nitrogen functional groups attached to an aromatic ring is 1. The Morgan fingerprint density at radius 1 is 1.19 bits per heavy atom. The van der Waals surface area contributed by atoms with Gasteiger partial charge in [0.15, 0.2) is 11.5 Å². The number of pyridine rings is 1. The normalized spacial score (nSPS) is 11.4. The number of carbonyl (C=O) groups is 1. The molecule has 1 aromatic carbocycles. The second-order valence-corrected chi connectivity index (χ2v) is 4.14. The molecule has 8 heteroatoms. The number of anilines is 1. The Kier molecular flexibility index (Phi) is 3.54. The van der Waals surface area contributed by atoms with Crippen LogP contribution in [-0.2, 0) is 6.18 Å². The van der Waals surface area contributed by atoms with Crippen LogP contribution in [0.4, 0.5) is 23.2 Å². The third kappa shape index (κ3) is 2.93. The van der Waals surface area contributed by atoms with Gasteiger partial charge in [0.2, 0.25) is 0 Å². The second-order valence-electron chi connectivity index (χ2n) is 4.14. The van der Waals surface area contributed by atoms with Gasteiger partial charge in [-0.05, 0) is 18.2 Å². The maximum absolute atomic E-state index is 13.5. The lowest BCUT2D eigenvalue weighted by molar-refractivity contribution is -0.137. The molecule has 0 aliphatic heterocycles. The molecule has 0 radical (unpaired) electrons. The molecular formula is C13H8F4N2O2. The van der Waals surface area contributed by atoms with Gasteiger partial charge in [-0.2, -0.15) is 13.2 Å². The number of halogens is 4. The number of hydrogen-bond donors (Lipinski definition) is 2. The van der Waals surface area contributed by atoms with E-state index in [-0.39, 0.29) is 11.3 Å². The zero-order valence-corrected chi connectivity index (χ0v) is 10.3. The molecule has 4 nitrogen and oxygen atoms in total. The molecule has 3 N–H and O–H groups in total. The summed E-state index contributed by atoms with van der Waals surface area (Å²) in [7, 11) is 0. The van der Waals surface area contributed by atoms with Crippen molar-refractivity contribution in [3.05, 3.63) is 47.4 Å². The van der Waals surface area contributed by atoms with Gasteiger partial charge in [0.05, 0.1) is 16.9 Å². The van der Waals surface area contributed by atoms with E-state index in [9.17, 15) is 22.4 Å². The number of hydrogen-bond acceptors (Lipinski definition) is 3. The predicted octanol–water partition coefficient (Wildman–Crippen LogP) is 3.19. The summed E-state index contributed by atoms with van der Waals surface area (Å²) in [6.45, 7) is 0. The third-order valence-electron chi connectivity index (χ3n) is 2.70. The van der Waals surface area contributed by atoms with Crippen LogP contribution in [0.3, 0.4) is 0 Å². The molecule has 21 heavy (non-hydrogen) atoms. The van der Waals surface area contributed by atoms with Crippen molar-refractivity contribution in [3.8, 4) is 11.3 Å². The van der Waals surface area contributed by atoms with Crippen molar-refractivity contribution in [2.75, 3.05) is 5.73 Å². The first-order valence-corrected chi connectivity index (χ1v) is 5.57. The number of carboxylic acid groups (broad SMARTS) is 1. The van der Waals surface area contributed by atoms with Crippen LogP contribution in [0.2, 0.25) is 0 Å². The van der Waals surface area contributed by atoms with Crippen LogP contribution in [0.1, 0.15) is 16.1 Å². The molecule has 0 aliphatic carbocycles. The van der Waals surface area contributed by atoms with Crippen LogP contribution in [0.5, 0.6) is 0 Å². The molecule has 0 saturated heterocycles. The molecule has 1 heterocycles. The number of nitrogens with zero attached hydrogens (tertiary/aromatic N) is 1. The van der Waals surface area contributed by atoms with Gasteiger partial charge >= 0.3 is 12.1 Å². The van der Waals surface area contributed by atoms with Gasteiger partial charge in [0, 0.05) is 5.56 Å². The lowest BCUT2D eigenvalue weighted by Crippen LogP contribution is -2.08. The van der Waals surface area contributed by atoms with Gasteiger partial charge in [0.1, 0.15) is 0 Å². The quantitative estimate of drug-likeness (QED) is 0.835. The molecule has 1 aromatic heterocycles. The highest BCUT2D eigenvalue weighted by Gasteiger charge is 2.30. The van der Waals surface area contributed by atoms with E-state index in [0.717, 1.165) is 30.3 Å². The van der Waals surface area contributed by atoms with Crippen molar-refractivity contribution >= 4 is 11.7 Å². The summed E-state index contributed by atoms with van der Waals surface area (Å²) in [6.07, 6.45) is -4.49. The van der Waals surface area contributed by atoms with Crippen LogP contribution in [0.15, 0.2) is 30.3 Å². The van der Waals surface area contributed by atoms with Crippen molar-refractivity contribution in [1.29, 1.82) is 0 Å². The average molecular weight is 300 g/mol. The van der Waals surface area contributed by atoms with E-state index in [4.69, 9.17) is 10.8 Å². The Morgan fingerprint density at radius 3 is 2.24 bits per heavy atom. The van der Waals surface area contributed by atoms with Crippen molar-refractivity contribution < 1.29 is 27.5 Å². The molecule has 0 aliphatic rings. The van der Waals surface area contributed by atoms with E-state index >= 15 is 0 Å². The minimum Gasteiger partial charge on any atom is -0.476 e. The number of benzene rings is 1. The van der Waals surface area contributed by atoms with Crippen LogP contribution < -0.4 is 5.73 Å². The molecule has 0 fully saturated rings. The molecular weight excluding hydrogens is 292 g/mol. The zero-order chi connectivity index (χ0) is 15.8. The summed E-state index contributed by atoms with van der Waals surface area (Å²) >= 11 is 0. The fraction of sp³-hybridized carbons (Fsp3) is 0.0769. The zero-order valence-electron chi connectivity index (χ0n) is 10.3. The first-order chi connectivity index (χ1) is 9.70. The van der Waals surface area contributed by atoms with Gasteiger partial charge in [-0.25, -0.2) is 14.2 Å². The maximum atomic E-state index is 13.5. The SMILES string of the molecule is Nc1cc(-c2ccc(C(F)(F)F)cc2)nc(C(=O)O)c1F. The van der Waals surface area contributed by atoms with Crippen molar-refractivity contribution in [2.24, 2.45) is 0 Å². The summed E-state index contributed by atoms with van der Waals surface area (Å²) in [5, 5.41) is 8.81. The van der Waals surface area contributed by atoms with Crippen LogP contribution in [0, 0.1) is 5.82 Å². The molecule has 0 atom stereocenters. The largest absolute Gasteiger partial charge is 0.476 e. The van der Waals surface area contributed by atoms with E-state index in [1.165, 1.54) is 0 Å². The highest BCUT2D eigenvalue weighted by atomic mass is 19.4. The number of aromatic nitrogens is 1. The Labute approximate surface area is 115 Å². The second kappa shape index (κ2) is 5.04. The average Bonchev–Trinajstić information content (AvgIpc) is 2.40. The van der Waals surface area contributed by atoms with Gasteiger partial charge < -0.3 is 10.8 Å². The fourth-order valence-corrected chi connectivity index (χ4v) is 1.67. The van der Waals surface area contributed by atoms with Crippen LogP contribution in [-0.4, -0.2) is 16.1 Å². The Balaban J connectivity index is 2.50. The first kappa shape index (κ1) is 14.8. The number of carboxylic acids is 1. The topological polar surface area (TPSA) is 76.2 Å². The standard InChI is InChI=1S/C13H8F4N2O2/c14-10-8(18)5-9(19-11(10)12(20)21)6-1-3-7(4-2-6)13(15,16)17/h1-5H,(H2,18,19)(H,20,21). The van der Waals surface area contributed by atoms with Gasteiger partial charge in [0.25, 0.3) is 0 Å². The van der Waals surface area contributed by atoms with Gasteiger partial charge in [-0.3, -0.25) is 0 Å². The molecule has 0 saturated carbocycles. The first-order valence-electron chi connectivity index (χ1n) is 5.57. The predicted molar refractivity (Wildman–Crippen MR) is 66.0 cm³/mol. The summed E-state index contributed by atoms with van der Waals surface area (Å²) in [6, 6.07) is 4.90. The molecule has 110 valence electrons. The molecule has 0 bridgehead atoms. The lowest BCUT2D eigenvalue weighted by Gasteiger charge is -2.09. The van der Waals surface area contributed by atoms with Crippen LogP contribution >= 0.6 is 0 Å². The maximum Gasteiger partial charge on any atom is 0.416 e. The highest BCUT2D eigenvalue weighted by molar-refractivity contribution is 5.88. The van der Waals surface area contributed by atoms with Crippen LogP contribution in [0.25, 0.3) is 11.3 Å². The van der Waals surface area contributed by atoms with Gasteiger partial charge in [-0.15, -0.1) is 0 Å². The molecule has 0 amide bonds. The van der Waals surface area contributed by atoms with E-state index in [1.54, 1.807) is 0 Å². The van der Waals surface area contributed by atoms with E-state index in [1.807, 2.05) is 0 Å². The summed E-state index contributed by atoms with van der Waals surface area (Å²) in [5.74, 6) is -2.80. The highest BCUT2D eigenvalue weighted by Crippen LogP contribution is 2.31. The van der Waals surface area contributed by atoms with Gasteiger partial charge in [-0.1, -0.05) is 12.1 Å². The molecule has 0 unspecified atom stereocenters. The summed E-state index contributed by atoms with van der Waals surface area (Å²) in [4.78, 5) is 14.4.